The number of aliphatic hydroxyl groups is 1. The number of fused-ring (bicyclic) bond motifs is 1. The number of benzene rings is 1. The van der Waals surface area contributed by atoms with Crippen molar-refractivity contribution < 1.29 is 24.2 Å². The highest BCUT2D eigenvalue weighted by Crippen LogP contribution is 2.71. The number of amides is 2. The van der Waals surface area contributed by atoms with E-state index in [-0.39, 0.29) is 31.6 Å². The number of aliphatic hydroxyl groups excluding tert-OH is 1. The Bertz CT molecular complexity index is 1120. The molecule has 5 atom stereocenters. The number of rotatable bonds is 13. The number of nitrogens with zero attached hydrogens (tertiary/aromatic N) is 2. The topological polar surface area (TPSA) is 87.1 Å². The molecule has 2 unspecified atom stereocenters. The van der Waals surface area contributed by atoms with Gasteiger partial charge in [0.25, 0.3) is 5.91 Å². The van der Waals surface area contributed by atoms with Crippen LogP contribution in [0.4, 0.5) is 5.69 Å². The zero-order valence-electron chi connectivity index (χ0n) is 22.9. The van der Waals surface area contributed by atoms with Crippen molar-refractivity contribution in [3.05, 3.63) is 54.1 Å². The standard InChI is InChI=1S/C30H39ClN2O5S/c1-5-16-32(24-20(3)12-11-13-21(24)31)27(36)25-30-15-14-29(4,39-30)23(28(37)38-19-6-2)22(30)26(35)33(25)17-9-7-8-10-18-34/h5-6,11-13,22-23,25,34H,1-2,7-10,14-19H2,3-4H3/t22-,23-,25?,29+,30?/m0/s1. The minimum absolute atomic E-state index is 0.0832. The number of likely N-dealkylation sites (tertiary alicyclic amines) is 1. The molecule has 3 aliphatic heterocycles. The first-order chi connectivity index (χ1) is 18.7. The summed E-state index contributed by atoms with van der Waals surface area (Å²) in [5.74, 6) is -2.02. The van der Waals surface area contributed by atoms with Crippen LogP contribution in [0.25, 0.3) is 0 Å². The number of thioether (sulfide) groups is 1. The molecule has 0 radical (unpaired) electrons. The van der Waals surface area contributed by atoms with Crippen LogP contribution in [0, 0.1) is 18.8 Å². The first kappa shape index (κ1) is 29.7. The summed E-state index contributed by atoms with van der Waals surface area (Å²) in [5, 5.41) is 9.62. The molecule has 2 amide bonds. The predicted octanol–water partition coefficient (Wildman–Crippen LogP) is 4.93. The molecule has 4 rings (SSSR count). The summed E-state index contributed by atoms with van der Waals surface area (Å²) in [6, 6.07) is 4.77. The maximum atomic E-state index is 14.7. The number of hydrogen-bond acceptors (Lipinski definition) is 6. The molecule has 0 aromatic heterocycles. The Morgan fingerprint density at radius 3 is 2.64 bits per heavy atom. The van der Waals surface area contributed by atoms with Gasteiger partial charge in [-0.1, -0.05) is 55.3 Å². The van der Waals surface area contributed by atoms with Gasteiger partial charge in [0, 0.05) is 24.4 Å². The maximum Gasteiger partial charge on any atom is 0.311 e. The molecule has 7 nitrogen and oxygen atoms in total. The van der Waals surface area contributed by atoms with Crippen molar-refractivity contribution in [2.75, 3.05) is 31.2 Å². The summed E-state index contributed by atoms with van der Waals surface area (Å²) in [5.41, 5.74) is 1.47. The maximum absolute atomic E-state index is 14.7. The van der Waals surface area contributed by atoms with Crippen LogP contribution in [-0.4, -0.2) is 69.6 Å². The fourth-order valence-corrected chi connectivity index (χ4v) is 9.48. The number of anilines is 1. The Morgan fingerprint density at radius 1 is 1.23 bits per heavy atom. The van der Waals surface area contributed by atoms with Crippen LogP contribution in [-0.2, 0) is 19.1 Å². The molecule has 0 saturated carbocycles. The van der Waals surface area contributed by atoms with E-state index in [1.165, 1.54) is 6.08 Å². The van der Waals surface area contributed by atoms with E-state index in [0.717, 1.165) is 24.8 Å². The molecule has 9 heteroatoms. The van der Waals surface area contributed by atoms with Gasteiger partial charge < -0.3 is 19.6 Å². The second-order valence-corrected chi connectivity index (χ2v) is 13.3. The van der Waals surface area contributed by atoms with Crippen molar-refractivity contribution in [3.63, 3.8) is 0 Å². The van der Waals surface area contributed by atoms with Gasteiger partial charge >= 0.3 is 5.97 Å². The van der Waals surface area contributed by atoms with Crippen molar-refractivity contribution in [1.82, 2.24) is 4.90 Å². The average Bonchev–Trinajstić information content (AvgIpc) is 3.47. The van der Waals surface area contributed by atoms with Gasteiger partial charge in [-0.2, -0.15) is 0 Å². The molecular weight excluding hydrogens is 536 g/mol. The lowest BCUT2D eigenvalue weighted by Gasteiger charge is -2.37. The zero-order valence-corrected chi connectivity index (χ0v) is 24.4. The molecule has 3 aliphatic rings. The monoisotopic (exact) mass is 574 g/mol. The third-order valence-electron chi connectivity index (χ3n) is 8.45. The van der Waals surface area contributed by atoms with Gasteiger partial charge in [-0.25, -0.2) is 0 Å². The largest absolute Gasteiger partial charge is 0.461 e. The van der Waals surface area contributed by atoms with E-state index >= 15 is 0 Å². The lowest BCUT2D eigenvalue weighted by molar-refractivity contribution is -0.154. The van der Waals surface area contributed by atoms with Crippen LogP contribution in [0.5, 0.6) is 0 Å². The number of ether oxygens (including phenoxy) is 1. The molecule has 3 saturated heterocycles. The highest BCUT2D eigenvalue weighted by molar-refractivity contribution is 8.02. The van der Waals surface area contributed by atoms with Gasteiger partial charge in [0.05, 0.1) is 27.3 Å². The molecule has 212 valence electrons. The summed E-state index contributed by atoms with van der Waals surface area (Å²) in [6.07, 6.45) is 7.66. The van der Waals surface area contributed by atoms with E-state index < -0.39 is 33.3 Å². The normalized spacial score (nSPS) is 28.9. The smallest absolute Gasteiger partial charge is 0.311 e. The fraction of sp³-hybridized carbons (Fsp3) is 0.567. The van der Waals surface area contributed by atoms with Gasteiger partial charge in [0.2, 0.25) is 5.91 Å². The van der Waals surface area contributed by atoms with Crippen LogP contribution in [0.15, 0.2) is 43.5 Å². The molecule has 3 fully saturated rings. The average molecular weight is 575 g/mol. The third kappa shape index (κ3) is 5.16. The molecule has 39 heavy (non-hydrogen) atoms. The van der Waals surface area contributed by atoms with Crippen molar-refractivity contribution >= 4 is 46.8 Å². The van der Waals surface area contributed by atoms with Crippen LogP contribution in [0.2, 0.25) is 5.02 Å². The Morgan fingerprint density at radius 2 is 1.97 bits per heavy atom. The van der Waals surface area contributed by atoms with Crippen molar-refractivity contribution in [2.45, 2.75) is 67.9 Å². The number of carbonyl (C=O) groups excluding carboxylic acids is 3. The summed E-state index contributed by atoms with van der Waals surface area (Å²) in [7, 11) is 0. The SMILES string of the molecule is C=CCOC(=O)[C@@H]1[C@H]2C(=O)N(CCCCCCO)C(C(=O)N(CC=C)c3c(C)cccc3Cl)C23CC[C@@]1(C)S3. The van der Waals surface area contributed by atoms with Gasteiger partial charge in [-0.15, -0.1) is 18.3 Å². The number of aryl methyl sites for hydroxylation is 1. The first-order valence-electron chi connectivity index (χ1n) is 13.7. The Labute approximate surface area is 240 Å². The van der Waals surface area contributed by atoms with E-state index in [0.29, 0.717) is 36.5 Å². The van der Waals surface area contributed by atoms with Crippen LogP contribution >= 0.6 is 23.4 Å². The molecule has 1 spiro atoms. The zero-order chi connectivity index (χ0) is 28.4. The summed E-state index contributed by atoms with van der Waals surface area (Å²) in [4.78, 5) is 45.6. The summed E-state index contributed by atoms with van der Waals surface area (Å²) in [6.45, 7) is 12.3. The molecule has 3 heterocycles. The van der Waals surface area contributed by atoms with Crippen molar-refractivity contribution in [1.29, 1.82) is 0 Å². The van der Waals surface area contributed by atoms with E-state index in [1.807, 2.05) is 26.0 Å². The highest BCUT2D eigenvalue weighted by atomic mass is 35.5. The van der Waals surface area contributed by atoms with E-state index in [9.17, 15) is 14.4 Å². The number of carbonyl (C=O) groups is 3. The number of halogens is 1. The van der Waals surface area contributed by atoms with Crippen molar-refractivity contribution in [2.24, 2.45) is 11.8 Å². The molecule has 1 N–H and O–H groups in total. The van der Waals surface area contributed by atoms with Gasteiger partial charge in [0.1, 0.15) is 12.6 Å². The summed E-state index contributed by atoms with van der Waals surface area (Å²) < 4.78 is 4.27. The lowest BCUT2D eigenvalue weighted by Crippen LogP contribution is -2.55. The quantitative estimate of drug-likeness (QED) is 0.204. The van der Waals surface area contributed by atoms with Crippen LogP contribution in [0.3, 0.4) is 0 Å². The predicted molar refractivity (Wildman–Crippen MR) is 156 cm³/mol. The summed E-state index contributed by atoms with van der Waals surface area (Å²) >= 11 is 8.25. The number of esters is 1. The number of unbranched alkanes of at least 4 members (excludes halogenated alkanes) is 3. The lowest BCUT2D eigenvalue weighted by atomic mass is 9.66. The minimum atomic E-state index is -0.743. The highest BCUT2D eigenvalue weighted by Gasteiger charge is 2.77. The number of hydrogen-bond donors (Lipinski definition) is 1. The van der Waals surface area contributed by atoms with Crippen LogP contribution < -0.4 is 4.90 Å². The Hall–Kier alpha value is -2.29. The van der Waals surface area contributed by atoms with E-state index in [1.54, 1.807) is 33.7 Å². The number of para-hydroxylation sites is 1. The molecule has 0 aliphatic carbocycles. The van der Waals surface area contributed by atoms with Crippen LogP contribution in [0.1, 0.15) is 51.0 Å². The Balaban J connectivity index is 1.76. The van der Waals surface area contributed by atoms with E-state index in [2.05, 4.69) is 13.2 Å². The van der Waals surface area contributed by atoms with Gasteiger partial charge in [0.15, 0.2) is 0 Å². The second kappa shape index (κ2) is 12.1. The van der Waals surface area contributed by atoms with E-state index in [4.69, 9.17) is 21.4 Å². The fourth-order valence-electron chi connectivity index (χ4n) is 6.81. The molecular formula is C30H39ClN2O5S. The minimum Gasteiger partial charge on any atom is -0.461 e. The van der Waals surface area contributed by atoms with Gasteiger partial charge in [-0.3, -0.25) is 14.4 Å². The van der Waals surface area contributed by atoms with Crippen molar-refractivity contribution in [3.8, 4) is 0 Å². The molecule has 1 aromatic carbocycles. The molecule has 2 bridgehead atoms. The van der Waals surface area contributed by atoms with Gasteiger partial charge in [-0.05, 0) is 51.2 Å². The third-order valence-corrected chi connectivity index (χ3v) is 10.7. The molecule has 1 aromatic rings. The Kier molecular flexibility index (Phi) is 9.19. The first-order valence-corrected chi connectivity index (χ1v) is 14.9. The second-order valence-electron chi connectivity index (χ2n) is 11.0.